The summed E-state index contributed by atoms with van der Waals surface area (Å²) in [4.78, 5) is 0. The third kappa shape index (κ3) is 3.17. The summed E-state index contributed by atoms with van der Waals surface area (Å²) in [5, 5.41) is 14.6. The van der Waals surface area contributed by atoms with E-state index >= 15 is 0 Å². The molecule has 0 saturated heterocycles. The van der Waals surface area contributed by atoms with Crippen LogP contribution < -0.4 is 5.32 Å². The Labute approximate surface area is 125 Å². The van der Waals surface area contributed by atoms with Crippen molar-refractivity contribution < 1.29 is 4.39 Å². The smallest absolute Gasteiger partial charge is 0.143 e. The maximum absolute atomic E-state index is 13.0. The Bertz CT molecular complexity index is 728. The van der Waals surface area contributed by atoms with Crippen LogP contribution in [0.5, 0.6) is 0 Å². The normalized spacial score (nSPS) is 10.6. The Hall–Kier alpha value is -2.47. The van der Waals surface area contributed by atoms with Gasteiger partial charge < -0.3 is 5.32 Å². The van der Waals surface area contributed by atoms with Gasteiger partial charge in [-0.05, 0) is 52.4 Å². The summed E-state index contributed by atoms with van der Waals surface area (Å²) in [5.41, 5.74) is 2.63. The molecule has 3 rings (SSSR count). The van der Waals surface area contributed by atoms with Crippen LogP contribution in [-0.4, -0.2) is 20.2 Å². The highest BCUT2D eigenvalue weighted by Gasteiger charge is 2.02. The number of nitrogens with one attached hydrogen (secondary N) is 1. The first-order chi connectivity index (χ1) is 10.2. The summed E-state index contributed by atoms with van der Waals surface area (Å²) in [7, 11) is 0. The number of halogens is 2. The van der Waals surface area contributed by atoms with Crippen molar-refractivity contribution in [2.75, 3.05) is 5.32 Å². The maximum Gasteiger partial charge on any atom is 0.143 e. The van der Waals surface area contributed by atoms with Crippen LogP contribution in [-0.2, 0) is 6.54 Å². The Morgan fingerprint density at radius 2 is 1.95 bits per heavy atom. The minimum absolute atomic E-state index is 0.338. The fraction of sp³-hybridized carbons (Fsp3) is 0.0714. The number of hydrogen-bond acceptors (Lipinski definition) is 4. The largest absolute Gasteiger partial charge is 0.381 e. The minimum Gasteiger partial charge on any atom is -0.381 e. The van der Waals surface area contributed by atoms with E-state index in [2.05, 4.69) is 20.8 Å². The van der Waals surface area contributed by atoms with Crippen LogP contribution in [0.3, 0.4) is 0 Å². The lowest BCUT2D eigenvalue weighted by Gasteiger charge is -2.09. The first-order valence-electron chi connectivity index (χ1n) is 6.23. The van der Waals surface area contributed by atoms with E-state index in [0.29, 0.717) is 11.6 Å². The molecule has 0 spiro atoms. The molecule has 0 bridgehead atoms. The van der Waals surface area contributed by atoms with E-state index in [-0.39, 0.29) is 5.82 Å². The van der Waals surface area contributed by atoms with Crippen molar-refractivity contribution in [3.63, 3.8) is 0 Å². The monoisotopic (exact) mass is 303 g/mol. The van der Waals surface area contributed by atoms with E-state index in [4.69, 9.17) is 11.6 Å². The molecule has 2 aromatic carbocycles. The highest BCUT2D eigenvalue weighted by Crippen LogP contribution is 2.19. The molecule has 106 valence electrons. The molecule has 0 unspecified atom stereocenters. The zero-order valence-electron chi connectivity index (χ0n) is 10.9. The molecular formula is C14H11ClFN5. The quantitative estimate of drug-likeness (QED) is 0.805. The van der Waals surface area contributed by atoms with Crippen molar-refractivity contribution in [3.05, 3.63) is 65.2 Å². The zero-order chi connectivity index (χ0) is 14.7. The molecule has 0 aliphatic heterocycles. The van der Waals surface area contributed by atoms with Gasteiger partial charge in [0.1, 0.15) is 12.1 Å². The molecule has 0 saturated carbocycles. The van der Waals surface area contributed by atoms with Crippen LogP contribution in [0, 0.1) is 5.82 Å². The summed E-state index contributed by atoms with van der Waals surface area (Å²) < 4.78 is 14.5. The van der Waals surface area contributed by atoms with Crippen LogP contribution in [0.1, 0.15) is 5.56 Å². The molecule has 0 aliphatic carbocycles. The van der Waals surface area contributed by atoms with Crippen molar-refractivity contribution in [2.24, 2.45) is 0 Å². The second-order valence-electron chi connectivity index (χ2n) is 4.39. The van der Waals surface area contributed by atoms with Gasteiger partial charge in [0.15, 0.2) is 0 Å². The fourth-order valence-electron chi connectivity index (χ4n) is 1.87. The van der Waals surface area contributed by atoms with E-state index in [1.165, 1.54) is 18.5 Å². The standard InChI is InChI=1S/C14H11ClFN5/c15-14-7-11(16)2-1-10(14)8-17-12-3-5-13(6-4-12)21-9-18-19-20-21/h1-7,9,17H,8H2. The first kappa shape index (κ1) is 13.5. The number of rotatable bonds is 4. The number of aromatic nitrogens is 4. The predicted molar refractivity (Wildman–Crippen MR) is 77.9 cm³/mol. The highest BCUT2D eigenvalue weighted by molar-refractivity contribution is 6.31. The third-order valence-electron chi connectivity index (χ3n) is 2.98. The predicted octanol–water partition coefficient (Wildman–Crippen LogP) is 3.07. The Balaban J connectivity index is 1.68. The van der Waals surface area contributed by atoms with Crippen molar-refractivity contribution >= 4 is 17.3 Å². The van der Waals surface area contributed by atoms with Crippen molar-refractivity contribution in [2.45, 2.75) is 6.54 Å². The maximum atomic E-state index is 13.0. The lowest BCUT2D eigenvalue weighted by Crippen LogP contribution is -2.01. The van der Waals surface area contributed by atoms with Crippen LogP contribution in [0.2, 0.25) is 5.02 Å². The van der Waals surface area contributed by atoms with Gasteiger partial charge in [-0.15, -0.1) is 5.10 Å². The zero-order valence-corrected chi connectivity index (χ0v) is 11.6. The van der Waals surface area contributed by atoms with Gasteiger partial charge in [0.25, 0.3) is 0 Å². The van der Waals surface area contributed by atoms with Crippen LogP contribution in [0.15, 0.2) is 48.8 Å². The number of tetrazole rings is 1. The molecule has 0 radical (unpaired) electrons. The Morgan fingerprint density at radius 1 is 1.14 bits per heavy atom. The summed E-state index contributed by atoms with van der Waals surface area (Å²) in [5.74, 6) is -0.338. The Morgan fingerprint density at radius 3 is 2.62 bits per heavy atom. The third-order valence-corrected chi connectivity index (χ3v) is 3.33. The minimum atomic E-state index is -0.338. The average Bonchev–Trinajstić information content (AvgIpc) is 3.01. The molecule has 0 atom stereocenters. The average molecular weight is 304 g/mol. The van der Waals surface area contributed by atoms with Crippen molar-refractivity contribution in [3.8, 4) is 5.69 Å². The van der Waals surface area contributed by atoms with Gasteiger partial charge >= 0.3 is 0 Å². The van der Waals surface area contributed by atoms with E-state index in [1.807, 2.05) is 24.3 Å². The molecule has 1 heterocycles. The first-order valence-corrected chi connectivity index (χ1v) is 6.61. The van der Waals surface area contributed by atoms with Gasteiger partial charge in [-0.2, -0.15) is 0 Å². The van der Waals surface area contributed by atoms with Gasteiger partial charge in [0.2, 0.25) is 0 Å². The lowest BCUT2D eigenvalue weighted by atomic mass is 10.2. The molecule has 1 aromatic heterocycles. The summed E-state index contributed by atoms with van der Waals surface area (Å²) in [6.45, 7) is 0.517. The number of anilines is 1. The molecule has 5 nitrogen and oxygen atoms in total. The second-order valence-corrected chi connectivity index (χ2v) is 4.80. The summed E-state index contributed by atoms with van der Waals surface area (Å²) in [6, 6.07) is 12.0. The van der Waals surface area contributed by atoms with E-state index in [9.17, 15) is 4.39 Å². The Kier molecular flexibility index (Phi) is 3.79. The van der Waals surface area contributed by atoms with E-state index in [0.717, 1.165) is 16.9 Å². The number of benzene rings is 2. The van der Waals surface area contributed by atoms with E-state index in [1.54, 1.807) is 10.7 Å². The molecule has 3 aromatic rings. The van der Waals surface area contributed by atoms with Gasteiger partial charge in [-0.25, -0.2) is 9.07 Å². The van der Waals surface area contributed by atoms with Gasteiger partial charge in [-0.1, -0.05) is 17.7 Å². The van der Waals surface area contributed by atoms with Crippen molar-refractivity contribution in [1.29, 1.82) is 0 Å². The lowest BCUT2D eigenvalue weighted by molar-refractivity contribution is 0.627. The second kappa shape index (κ2) is 5.88. The van der Waals surface area contributed by atoms with Gasteiger partial charge in [-0.3, -0.25) is 0 Å². The summed E-state index contributed by atoms with van der Waals surface area (Å²) >= 11 is 5.98. The molecule has 1 N–H and O–H groups in total. The SMILES string of the molecule is Fc1ccc(CNc2ccc(-n3cnnn3)cc2)c(Cl)c1. The van der Waals surface area contributed by atoms with Gasteiger partial charge in [0, 0.05) is 17.3 Å². The van der Waals surface area contributed by atoms with Gasteiger partial charge in [0.05, 0.1) is 5.69 Å². The topological polar surface area (TPSA) is 55.6 Å². The molecular weight excluding hydrogens is 293 g/mol. The fourth-order valence-corrected chi connectivity index (χ4v) is 2.11. The van der Waals surface area contributed by atoms with Crippen molar-refractivity contribution in [1.82, 2.24) is 20.2 Å². The van der Waals surface area contributed by atoms with Crippen LogP contribution in [0.25, 0.3) is 5.69 Å². The number of nitrogens with zero attached hydrogens (tertiary/aromatic N) is 4. The van der Waals surface area contributed by atoms with E-state index < -0.39 is 0 Å². The van der Waals surface area contributed by atoms with Crippen LogP contribution >= 0.6 is 11.6 Å². The molecule has 21 heavy (non-hydrogen) atoms. The van der Waals surface area contributed by atoms with Crippen LogP contribution in [0.4, 0.5) is 10.1 Å². The number of hydrogen-bond donors (Lipinski definition) is 1. The molecule has 0 amide bonds. The molecule has 7 heteroatoms. The summed E-state index contributed by atoms with van der Waals surface area (Å²) in [6.07, 6.45) is 1.53. The highest BCUT2D eigenvalue weighted by atomic mass is 35.5. The molecule has 0 fully saturated rings. The molecule has 0 aliphatic rings.